The maximum atomic E-state index is 5.30. The van der Waals surface area contributed by atoms with E-state index >= 15 is 0 Å². The maximum Gasteiger partial charge on any atom is 0.0684 e. The molecule has 0 saturated heterocycles. The van der Waals surface area contributed by atoms with Crippen LogP contribution in [0, 0.1) is 18.3 Å². The van der Waals surface area contributed by atoms with Gasteiger partial charge in [-0.05, 0) is 18.9 Å². The van der Waals surface area contributed by atoms with Gasteiger partial charge in [-0.1, -0.05) is 33.1 Å². The predicted molar refractivity (Wildman–Crippen MR) is 50.4 cm³/mol. The van der Waals surface area contributed by atoms with Crippen molar-refractivity contribution in [2.24, 2.45) is 5.92 Å². The predicted octanol–water partition coefficient (Wildman–Crippen LogP) is 2.03. The van der Waals surface area contributed by atoms with Crippen molar-refractivity contribution < 1.29 is 0 Å². The zero-order valence-corrected chi connectivity index (χ0v) is 7.85. The Labute approximate surface area is 70.6 Å². The third-order valence-corrected chi connectivity index (χ3v) is 2.02. The molecule has 0 bridgehead atoms. The number of nitrogens with one attached hydrogen (secondary N) is 1. The van der Waals surface area contributed by atoms with E-state index in [0.29, 0.717) is 0 Å². The van der Waals surface area contributed by atoms with E-state index in [1.54, 1.807) is 0 Å². The molecular weight excluding hydrogens is 134 g/mol. The minimum absolute atomic E-state index is 0.268. The van der Waals surface area contributed by atoms with E-state index < -0.39 is 0 Å². The van der Waals surface area contributed by atoms with Crippen LogP contribution in [0.5, 0.6) is 0 Å². The smallest absolute Gasteiger partial charge is 0.0684 e. The summed E-state index contributed by atoms with van der Waals surface area (Å²) in [4.78, 5) is 0. The van der Waals surface area contributed by atoms with Crippen LogP contribution in [-0.4, -0.2) is 12.6 Å². The standard InChI is InChI=1S/C10H19N/c1-5-9(4)8-11-10(6-2)7-3/h2,9-11H,5,7-8H2,1,3-4H3. The van der Waals surface area contributed by atoms with Crippen LogP contribution in [-0.2, 0) is 0 Å². The van der Waals surface area contributed by atoms with Crippen LogP contribution in [0.15, 0.2) is 0 Å². The number of rotatable bonds is 5. The van der Waals surface area contributed by atoms with Crippen LogP contribution >= 0.6 is 0 Å². The van der Waals surface area contributed by atoms with Crippen molar-refractivity contribution in [3.63, 3.8) is 0 Å². The molecule has 1 N–H and O–H groups in total. The Morgan fingerprint density at radius 3 is 2.36 bits per heavy atom. The molecule has 2 unspecified atom stereocenters. The van der Waals surface area contributed by atoms with Crippen molar-refractivity contribution >= 4 is 0 Å². The molecular formula is C10H19N. The highest BCUT2D eigenvalue weighted by Crippen LogP contribution is 1.98. The van der Waals surface area contributed by atoms with E-state index in [1.807, 2.05) is 0 Å². The maximum absolute atomic E-state index is 5.30. The first-order valence-electron chi connectivity index (χ1n) is 4.44. The molecule has 0 saturated carbocycles. The summed E-state index contributed by atoms with van der Waals surface area (Å²) in [5.41, 5.74) is 0. The monoisotopic (exact) mass is 153 g/mol. The first-order chi connectivity index (χ1) is 5.24. The van der Waals surface area contributed by atoms with Gasteiger partial charge in [0, 0.05) is 0 Å². The molecule has 11 heavy (non-hydrogen) atoms. The minimum Gasteiger partial charge on any atom is -0.303 e. The fraction of sp³-hybridized carbons (Fsp3) is 0.800. The highest BCUT2D eigenvalue weighted by atomic mass is 14.9. The lowest BCUT2D eigenvalue weighted by Gasteiger charge is -2.13. The first-order valence-corrected chi connectivity index (χ1v) is 4.44. The zero-order chi connectivity index (χ0) is 8.69. The molecule has 0 rings (SSSR count). The average molecular weight is 153 g/mol. The molecule has 0 aromatic carbocycles. The lowest BCUT2D eigenvalue weighted by Crippen LogP contribution is -2.30. The van der Waals surface area contributed by atoms with E-state index in [1.165, 1.54) is 6.42 Å². The van der Waals surface area contributed by atoms with Gasteiger partial charge >= 0.3 is 0 Å². The van der Waals surface area contributed by atoms with Crippen molar-refractivity contribution in [3.8, 4) is 12.3 Å². The Kier molecular flexibility index (Phi) is 5.97. The second-order valence-electron chi connectivity index (χ2n) is 3.05. The van der Waals surface area contributed by atoms with Gasteiger partial charge in [-0.2, -0.15) is 0 Å². The Balaban J connectivity index is 3.44. The van der Waals surface area contributed by atoms with Gasteiger partial charge in [-0.15, -0.1) is 6.42 Å². The van der Waals surface area contributed by atoms with Gasteiger partial charge < -0.3 is 5.32 Å². The Bertz CT molecular complexity index is 123. The van der Waals surface area contributed by atoms with Gasteiger partial charge in [0.05, 0.1) is 6.04 Å². The van der Waals surface area contributed by atoms with Crippen LogP contribution in [0.1, 0.15) is 33.6 Å². The van der Waals surface area contributed by atoms with Gasteiger partial charge in [0.1, 0.15) is 0 Å². The summed E-state index contributed by atoms with van der Waals surface area (Å²) in [6, 6.07) is 0.268. The van der Waals surface area contributed by atoms with E-state index in [0.717, 1.165) is 18.9 Å². The highest BCUT2D eigenvalue weighted by Gasteiger charge is 2.02. The molecule has 64 valence electrons. The Morgan fingerprint density at radius 2 is 2.00 bits per heavy atom. The molecule has 0 heterocycles. The molecule has 2 atom stereocenters. The normalized spacial score (nSPS) is 15.5. The van der Waals surface area contributed by atoms with Crippen LogP contribution in [0.2, 0.25) is 0 Å². The van der Waals surface area contributed by atoms with Crippen LogP contribution in [0.3, 0.4) is 0 Å². The van der Waals surface area contributed by atoms with Crippen LogP contribution in [0.4, 0.5) is 0 Å². The summed E-state index contributed by atoms with van der Waals surface area (Å²) in [5, 5.41) is 3.33. The molecule has 0 fully saturated rings. The molecule has 0 aromatic rings. The molecule has 0 aliphatic rings. The van der Waals surface area contributed by atoms with Gasteiger partial charge in [-0.3, -0.25) is 0 Å². The van der Waals surface area contributed by atoms with Crippen molar-refractivity contribution in [1.29, 1.82) is 0 Å². The van der Waals surface area contributed by atoms with Crippen molar-refractivity contribution in [3.05, 3.63) is 0 Å². The number of hydrogen-bond donors (Lipinski definition) is 1. The van der Waals surface area contributed by atoms with Crippen molar-refractivity contribution in [2.75, 3.05) is 6.54 Å². The third-order valence-electron chi connectivity index (χ3n) is 2.02. The van der Waals surface area contributed by atoms with Gasteiger partial charge in [0.15, 0.2) is 0 Å². The fourth-order valence-corrected chi connectivity index (χ4v) is 0.809. The quantitative estimate of drug-likeness (QED) is 0.596. The lowest BCUT2D eigenvalue weighted by molar-refractivity contribution is 0.472. The summed E-state index contributed by atoms with van der Waals surface area (Å²) in [6.45, 7) is 7.58. The fourth-order valence-electron chi connectivity index (χ4n) is 0.809. The SMILES string of the molecule is C#CC(CC)NCC(C)CC. The summed E-state index contributed by atoms with van der Waals surface area (Å²) in [5.74, 6) is 3.45. The van der Waals surface area contributed by atoms with Gasteiger partial charge in [0.25, 0.3) is 0 Å². The second-order valence-corrected chi connectivity index (χ2v) is 3.05. The van der Waals surface area contributed by atoms with Crippen LogP contribution < -0.4 is 5.32 Å². The van der Waals surface area contributed by atoms with Crippen molar-refractivity contribution in [2.45, 2.75) is 39.7 Å². The average Bonchev–Trinajstić information content (AvgIpc) is 2.06. The topological polar surface area (TPSA) is 12.0 Å². The molecule has 1 nitrogen and oxygen atoms in total. The van der Waals surface area contributed by atoms with Gasteiger partial charge in [-0.25, -0.2) is 0 Å². The van der Waals surface area contributed by atoms with E-state index in [-0.39, 0.29) is 6.04 Å². The largest absolute Gasteiger partial charge is 0.303 e. The molecule has 0 radical (unpaired) electrons. The number of terminal acetylenes is 1. The van der Waals surface area contributed by atoms with E-state index in [2.05, 4.69) is 32.0 Å². The van der Waals surface area contributed by atoms with Crippen molar-refractivity contribution in [1.82, 2.24) is 5.32 Å². The highest BCUT2D eigenvalue weighted by molar-refractivity contribution is 4.97. The minimum atomic E-state index is 0.268. The molecule has 0 aromatic heterocycles. The summed E-state index contributed by atoms with van der Waals surface area (Å²) >= 11 is 0. The lowest BCUT2D eigenvalue weighted by atomic mass is 10.1. The summed E-state index contributed by atoms with van der Waals surface area (Å²) in [6.07, 6.45) is 7.54. The zero-order valence-electron chi connectivity index (χ0n) is 7.85. The first kappa shape index (κ1) is 10.5. The number of hydrogen-bond acceptors (Lipinski definition) is 1. The van der Waals surface area contributed by atoms with E-state index in [9.17, 15) is 0 Å². The molecule has 0 spiro atoms. The van der Waals surface area contributed by atoms with Crippen LogP contribution in [0.25, 0.3) is 0 Å². The molecule has 0 aliphatic carbocycles. The molecule has 1 heteroatoms. The Morgan fingerprint density at radius 1 is 1.36 bits per heavy atom. The molecule has 0 aliphatic heterocycles. The van der Waals surface area contributed by atoms with Gasteiger partial charge in [0.2, 0.25) is 0 Å². The van der Waals surface area contributed by atoms with E-state index in [4.69, 9.17) is 6.42 Å². The third kappa shape index (κ3) is 4.86. The second kappa shape index (κ2) is 6.24. The summed E-state index contributed by atoms with van der Waals surface area (Å²) < 4.78 is 0. The Hall–Kier alpha value is -0.480. The molecule has 0 amide bonds. The summed E-state index contributed by atoms with van der Waals surface area (Å²) in [7, 11) is 0.